The summed E-state index contributed by atoms with van der Waals surface area (Å²) in [5.41, 5.74) is 1.36. The highest BCUT2D eigenvalue weighted by molar-refractivity contribution is 14.1. The summed E-state index contributed by atoms with van der Waals surface area (Å²) in [4.78, 5) is 0. The lowest BCUT2D eigenvalue weighted by molar-refractivity contribution is 0.507. The van der Waals surface area contributed by atoms with Gasteiger partial charge in [0.05, 0.1) is 3.57 Å². The Kier molecular flexibility index (Phi) is 3.24. The molecular weight excluding hydrogens is 287 g/mol. The van der Waals surface area contributed by atoms with Crippen molar-refractivity contribution in [3.63, 3.8) is 0 Å². The predicted octanol–water partition coefficient (Wildman–Crippen LogP) is 3.67. The Bertz CT molecular complexity index is 392. The van der Waals surface area contributed by atoms with E-state index in [1.54, 1.807) is 6.26 Å². The summed E-state index contributed by atoms with van der Waals surface area (Å²) in [6.07, 6.45) is 3.82. The van der Waals surface area contributed by atoms with Crippen molar-refractivity contribution in [2.45, 2.75) is 12.8 Å². The van der Waals surface area contributed by atoms with Crippen molar-refractivity contribution in [2.24, 2.45) is 0 Å². The molecule has 1 aromatic carbocycles. The van der Waals surface area contributed by atoms with E-state index in [2.05, 4.69) is 52.9 Å². The quantitative estimate of drug-likeness (QED) is 0.788. The average Bonchev–Trinajstić information content (AvgIpc) is 2.63. The van der Waals surface area contributed by atoms with Crippen LogP contribution in [0.25, 0.3) is 0 Å². The third-order valence-corrected chi connectivity index (χ3v) is 2.69. The van der Waals surface area contributed by atoms with E-state index in [4.69, 9.17) is 4.42 Å². The Balaban J connectivity index is 1.95. The lowest BCUT2D eigenvalue weighted by Crippen LogP contribution is -1.88. The lowest BCUT2D eigenvalue weighted by Gasteiger charge is -1.97. The van der Waals surface area contributed by atoms with Crippen molar-refractivity contribution in [1.82, 2.24) is 0 Å². The molecule has 0 aliphatic rings. The summed E-state index contributed by atoms with van der Waals surface area (Å²) in [6, 6.07) is 12.6. The molecule has 0 radical (unpaired) electrons. The standard InChI is InChI=1S/C12H11IO/c13-11-8-12(14-9-11)7-6-10-4-2-1-3-5-10/h1-5,8-9H,6-7H2. The number of furan rings is 1. The SMILES string of the molecule is Ic1coc(CCc2ccccc2)c1. The summed E-state index contributed by atoms with van der Waals surface area (Å²) in [5.74, 6) is 1.07. The molecule has 0 saturated carbocycles. The van der Waals surface area contributed by atoms with Gasteiger partial charge >= 0.3 is 0 Å². The zero-order valence-electron chi connectivity index (χ0n) is 7.74. The molecule has 0 bridgehead atoms. The molecule has 0 aliphatic carbocycles. The molecule has 0 amide bonds. The molecule has 0 fully saturated rings. The van der Waals surface area contributed by atoms with Gasteiger partial charge in [0.25, 0.3) is 0 Å². The predicted molar refractivity (Wildman–Crippen MR) is 65.3 cm³/mol. The van der Waals surface area contributed by atoms with Gasteiger partial charge in [0.2, 0.25) is 0 Å². The van der Waals surface area contributed by atoms with Crippen LogP contribution in [-0.2, 0) is 12.8 Å². The van der Waals surface area contributed by atoms with Gasteiger partial charge in [-0.05, 0) is 40.6 Å². The van der Waals surface area contributed by atoms with Crippen molar-refractivity contribution in [2.75, 3.05) is 0 Å². The molecule has 1 nitrogen and oxygen atoms in total. The number of benzene rings is 1. The van der Waals surface area contributed by atoms with Gasteiger partial charge in [-0.15, -0.1) is 0 Å². The van der Waals surface area contributed by atoms with E-state index in [-0.39, 0.29) is 0 Å². The molecule has 0 unspecified atom stereocenters. The fraction of sp³-hybridized carbons (Fsp3) is 0.167. The first-order valence-corrected chi connectivity index (χ1v) is 5.69. The van der Waals surface area contributed by atoms with Gasteiger partial charge < -0.3 is 4.42 Å². The van der Waals surface area contributed by atoms with Gasteiger partial charge in [0.1, 0.15) is 12.0 Å². The van der Waals surface area contributed by atoms with Crippen LogP contribution in [-0.4, -0.2) is 0 Å². The molecule has 1 heterocycles. The van der Waals surface area contributed by atoms with E-state index in [1.807, 2.05) is 6.07 Å². The normalized spacial score (nSPS) is 10.4. The molecule has 0 saturated heterocycles. The number of aryl methyl sites for hydroxylation is 2. The number of rotatable bonds is 3. The minimum Gasteiger partial charge on any atom is -0.468 e. The molecule has 0 atom stereocenters. The maximum absolute atomic E-state index is 5.38. The monoisotopic (exact) mass is 298 g/mol. The Morgan fingerprint density at radius 2 is 1.86 bits per heavy atom. The Morgan fingerprint density at radius 3 is 2.50 bits per heavy atom. The van der Waals surface area contributed by atoms with Crippen molar-refractivity contribution >= 4 is 22.6 Å². The molecule has 1 aromatic heterocycles. The van der Waals surface area contributed by atoms with Crippen LogP contribution >= 0.6 is 22.6 Å². The van der Waals surface area contributed by atoms with Crippen LogP contribution in [0, 0.1) is 3.57 Å². The van der Waals surface area contributed by atoms with Crippen LogP contribution in [0.1, 0.15) is 11.3 Å². The zero-order chi connectivity index (χ0) is 9.80. The molecule has 14 heavy (non-hydrogen) atoms. The summed E-state index contributed by atoms with van der Waals surface area (Å²) in [6.45, 7) is 0. The number of hydrogen-bond acceptors (Lipinski definition) is 1. The topological polar surface area (TPSA) is 13.1 Å². The van der Waals surface area contributed by atoms with Crippen LogP contribution in [0.5, 0.6) is 0 Å². The van der Waals surface area contributed by atoms with Crippen LogP contribution in [0.3, 0.4) is 0 Å². The first-order valence-electron chi connectivity index (χ1n) is 4.61. The third-order valence-electron chi connectivity index (χ3n) is 2.12. The lowest BCUT2D eigenvalue weighted by atomic mass is 10.1. The van der Waals surface area contributed by atoms with Crippen LogP contribution in [0.2, 0.25) is 0 Å². The van der Waals surface area contributed by atoms with Gasteiger partial charge in [-0.1, -0.05) is 30.3 Å². The molecular formula is C12H11IO. The van der Waals surface area contributed by atoms with E-state index < -0.39 is 0 Å². The van der Waals surface area contributed by atoms with E-state index >= 15 is 0 Å². The van der Waals surface area contributed by atoms with Gasteiger partial charge in [0.15, 0.2) is 0 Å². The third kappa shape index (κ3) is 2.61. The fourth-order valence-corrected chi connectivity index (χ4v) is 1.87. The van der Waals surface area contributed by atoms with E-state index in [0.29, 0.717) is 0 Å². The highest BCUT2D eigenvalue weighted by atomic mass is 127. The number of halogens is 1. The summed E-state index contributed by atoms with van der Waals surface area (Å²) in [7, 11) is 0. The number of hydrogen-bond donors (Lipinski definition) is 0. The molecule has 72 valence electrons. The van der Waals surface area contributed by atoms with Crippen LogP contribution in [0.4, 0.5) is 0 Å². The molecule has 2 rings (SSSR count). The van der Waals surface area contributed by atoms with Crippen molar-refractivity contribution in [3.8, 4) is 0 Å². The molecule has 0 aliphatic heterocycles. The van der Waals surface area contributed by atoms with Crippen LogP contribution < -0.4 is 0 Å². The maximum atomic E-state index is 5.38. The highest BCUT2D eigenvalue weighted by Crippen LogP contribution is 2.12. The second-order valence-corrected chi connectivity index (χ2v) is 4.46. The minimum atomic E-state index is 0.979. The van der Waals surface area contributed by atoms with Crippen molar-refractivity contribution in [3.05, 3.63) is 57.6 Å². The Labute approximate surface area is 97.3 Å². The van der Waals surface area contributed by atoms with Crippen molar-refractivity contribution < 1.29 is 4.42 Å². The van der Waals surface area contributed by atoms with E-state index in [0.717, 1.165) is 18.6 Å². The summed E-state index contributed by atoms with van der Waals surface area (Å²) < 4.78 is 6.55. The van der Waals surface area contributed by atoms with Gasteiger partial charge in [-0.3, -0.25) is 0 Å². The first-order chi connectivity index (χ1) is 6.84. The maximum Gasteiger partial charge on any atom is 0.105 e. The Morgan fingerprint density at radius 1 is 1.07 bits per heavy atom. The van der Waals surface area contributed by atoms with Gasteiger partial charge in [-0.25, -0.2) is 0 Å². The Hall–Kier alpha value is -0.770. The van der Waals surface area contributed by atoms with Crippen molar-refractivity contribution in [1.29, 1.82) is 0 Å². The van der Waals surface area contributed by atoms with Gasteiger partial charge in [0, 0.05) is 6.42 Å². The first kappa shape index (κ1) is 9.77. The highest BCUT2D eigenvalue weighted by Gasteiger charge is 1.99. The van der Waals surface area contributed by atoms with Crippen LogP contribution in [0.15, 0.2) is 47.1 Å². The molecule has 0 N–H and O–H groups in total. The molecule has 2 heteroatoms. The van der Waals surface area contributed by atoms with Gasteiger partial charge in [-0.2, -0.15) is 0 Å². The second-order valence-electron chi connectivity index (χ2n) is 3.22. The zero-order valence-corrected chi connectivity index (χ0v) is 9.90. The molecule has 0 spiro atoms. The van der Waals surface area contributed by atoms with E-state index in [1.165, 1.54) is 9.13 Å². The molecule has 2 aromatic rings. The van der Waals surface area contributed by atoms with E-state index in [9.17, 15) is 0 Å². The average molecular weight is 298 g/mol. The minimum absolute atomic E-state index is 0.979. The summed E-state index contributed by atoms with van der Waals surface area (Å²) in [5, 5.41) is 0. The second kappa shape index (κ2) is 4.64. The largest absolute Gasteiger partial charge is 0.468 e. The summed E-state index contributed by atoms with van der Waals surface area (Å²) >= 11 is 2.26. The fourth-order valence-electron chi connectivity index (χ4n) is 1.40. The smallest absolute Gasteiger partial charge is 0.105 e.